The van der Waals surface area contributed by atoms with Crippen LogP contribution in [0.15, 0.2) is 18.5 Å². The van der Waals surface area contributed by atoms with Crippen molar-refractivity contribution in [3.8, 4) is 5.75 Å². The van der Waals surface area contributed by atoms with E-state index in [9.17, 15) is 0 Å². The van der Waals surface area contributed by atoms with Crippen molar-refractivity contribution in [1.29, 1.82) is 0 Å². The van der Waals surface area contributed by atoms with Crippen molar-refractivity contribution in [2.45, 2.75) is 45.7 Å². The molecule has 0 unspecified atom stereocenters. The molecule has 1 aromatic rings. The summed E-state index contributed by atoms with van der Waals surface area (Å²) >= 11 is 0. The molecule has 0 aliphatic carbocycles. The Labute approximate surface area is 121 Å². The lowest BCUT2D eigenvalue weighted by Crippen LogP contribution is -2.35. The van der Waals surface area contributed by atoms with Crippen LogP contribution >= 0.6 is 0 Å². The van der Waals surface area contributed by atoms with E-state index in [1.54, 1.807) is 6.20 Å². The first kappa shape index (κ1) is 15.3. The van der Waals surface area contributed by atoms with Gasteiger partial charge in [0.25, 0.3) is 0 Å². The summed E-state index contributed by atoms with van der Waals surface area (Å²) in [5.74, 6) is 1.56. The average molecular weight is 278 g/mol. The Morgan fingerprint density at radius 2 is 2.10 bits per heavy atom. The predicted molar refractivity (Wildman–Crippen MR) is 79.9 cm³/mol. The lowest BCUT2D eigenvalue weighted by atomic mass is 10.0. The van der Waals surface area contributed by atoms with Gasteiger partial charge in [0.1, 0.15) is 5.75 Å². The van der Waals surface area contributed by atoms with E-state index in [-0.39, 0.29) is 5.54 Å². The van der Waals surface area contributed by atoms with Gasteiger partial charge in [-0.05, 0) is 45.6 Å². The Morgan fingerprint density at radius 3 is 2.80 bits per heavy atom. The number of hydrogen-bond donors (Lipinski definition) is 1. The molecule has 0 spiro atoms. The highest BCUT2D eigenvalue weighted by Crippen LogP contribution is 2.21. The Morgan fingerprint density at radius 1 is 1.35 bits per heavy atom. The van der Waals surface area contributed by atoms with Crippen LogP contribution in [0.3, 0.4) is 0 Å². The van der Waals surface area contributed by atoms with Crippen LogP contribution in [0.25, 0.3) is 0 Å². The zero-order valence-electron chi connectivity index (χ0n) is 12.8. The van der Waals surface area contributed by atoms with Crippen LogP contribution in [0, 0.1) is 5.92 Å². The van der Waals surface area contributed by atoms with Gasteiger partial charge >= 0.3 is 0 Å². The summed E-state index contributed by atoms with van der Waals surface area (Å²) in [6.07, 6.45) is 5.87. The van der Waals surface area contributed by atoms with Gasteiger partial charge in [-0.3, -0.25) is 4.98 Å². The summed E-state index contributed by atoms with van der Waals surface area (Å²) in [4.78, 5) is 4.20. The maximum absolute atomic E-state index is 6.01. The summed E-state index contributed by atoms with van der Waals surface area (Å²) in [6, 6.07) is 1.96. The molecule has 0 radical (unpaired) electrons. The van der Waals surface area contributed by atoms with Crippen molar-refractivity contribution >= 4 is 0 Å². The second-order valence-corrected chi connectivity index (χ2v) is 6.45. The topological polar surface area (TPSA) is 43.4 Å². The van der Waals surface area contributed by atoms with E-state index in [0.29, 0.717) is 5.92 Å². The molecule has 1 N–H and O–H groups in total. The summed E-state index contributed by atoms with van der Waals surface area (Å²) in [6.45, 7) is 9.76. The molecule has 4 nitrogen and oxygen atoms in total. The smallest absolute Gasteiger partial charge is 0.126 e. The second-order valence-electron chi connectivity index (χ2n) is 6.45. The van der Waals surface area contributed by atoms with Gasteiger partial charge in [-0.15, -0.1) is 0 Å². The highest BCUT2D eigenvalue weighted by Gasteiger charge is 2.16. The van der Waals surface area contributed by atoms with Gasteiger partial charge in [0.15, 0.2) is 0 Å². The summed E-state index contributed by atoms with van der Waals surface area (Å²) in [5, 5.41) is 3.48. The quantitative estimate of drug-likeness (QED) is 0.899. The fourth-order valence-corrected chi connectivity index (χ4v) is 2.17. The third kappa shape index (κ3) is 5.10. The van der Waals surface area contributed by atoms with Gasteiger partial charge < -0.3 is 14.8 Å². The molecule has 1 fully saturated rings. The molecule has 0 atom stereocenters. The fourth-order valence-electron chi connectivity index (χ4n) is 2.17. The van der Waals surface area contributed by atoms with E-state index in [0.717, 1.165) is 50.5 Å². The van der Waals surface area contributed by atoms with E-state index in [4.69, 9.17) is 9.47 Å². The zero-order chi connectivity index (χ0) is 14.4. The highest BCUT2D eigenvalue weighted by atomic mass is 16.5. The molecule has 1 aliphatic heterocycles. The Balaban J connectivity index is 1.89. The maximum atomic E-state index is 6.01. The lowest BCUT2D eigenvalue weighted by molar-refractivity contribution is 0.0495. The molecule has 112 valence electrons. The van der Waals surface area contributed by atoms with Crippen molar-refractivity contribution in [2.24, 2.45) is 5.92 Å². The van der Waals surface area contributed by atoms with Crippen molar-refractivity contribution in [3.05, 3.63) is 24.0 Å². The SMILES string of the molecule is CC(C)(C)NCc1cnccc1OCC1CCOCC1. The van der Waals surface area contributed by atoms with Crippen LogP contribution in [0.5, 0.6) is 5.75 Å². The standard InChI is InChI=1S/C16H26N2O2/c1-16(2,3)18-11-14-10-17-7-4-15(14)20-12-13-5-8-19-9-6-13/h4,7,10,13,18H,5-6,8-9,11-12H2,1-3H3. The van der Waals surface area contributed by atoms with E-state index < -0.39 is 0 Å². The lowest BCUT2D eigenvalue weighted by Gasteiger charge is -2.24. The molecular formula is C16H26N2O2. The largest absolute Gasteiger partial charge is 0.493 e. The van der Waals surface area contributed by atoms with E-state index in [1.807, 2.05) is 12.3 Å². The number of nitrogens with zero attached hydrogens (tertiary/aromatic N) is 1. The van der Waals surface area contributed by atoms with Gasteiger partial charge in [0, 0.05) is 43.3 Å². The van der Waals surface area contributed by atoms with Gasteiger partial charge in [0.05, 0.1) is 6.61 Å². The van der Waals surface area contributed by atoms with Crippen LogP contribution in [-0.2, 0) is 11.3 Å². The first-order valence-electron chi connectivity index (χ1n) is 7.43. The molecule has 2 heterocycles. The molecule has 0 aromatic carbocycles. The molecule has 0 saturated carbocycles. The molecule has 20 heavy (non-hydrogen) atoms. The molecule has 2 rings (SSSR count). The maximum Gasteiger partial charge on any atom is 0.126 e. The molecule has 4 heteroatoms. The number of ether oxygens (including phenoxy) is 2. The van der Waals surface area contributed by atoms with E-state index >= 15 is 0 Å². The molecule has 1 aromatic heterocycles. The van der Waals surface area contributed by atoms with Gasteiger partial charge in [-0.1, -0.05) is 0 Å². The van der Waals surface area contributed by atoms with Gasteiger partial charge in [-0.2, -0.15) is 0 Å². The van der Waals surface area contributed by atoms with Crippen LogP contribution in [-0.4, -0.2) is 30.3 Å². The number of rotatable bonds is 5. The number of hydrogen-bond acceptors (Lipinski definition) is 4. The molecule has 0 amide bonds. The van der Waals surface area contributed by atoms with Crippen LogP contribution in [0.4, 0.5) is 0 Å². The highest BCUT2D eigenvalue weighted by molar-refractivity contribution is 5.30. The number of nitrogens with one attached hydrogen (secondary N) is 1. The molecule has 1 saturated heterocycles. The fraction of sp³-hybridized carbons (Fsp3) is 0.688. The first-order valence-corrected chi connectivity index (χ1v) is 7.43. The average Bonchev–Trinajstić information content (AvgIpc) is 2.44. The van der Waals surface area contributed by atoms with Gasteiger partial charge in [-0.25, -0.2) is 0 Å². The number of pyridine rings is 1. The Kier molecular flexibility index (Phi) is 5.38. The van der Waals surface area contributed by atoms with Crippen molar-refractivity contribution in [2.75, 3.05) is 19.8 Å². The van der Waals surface area contributed by atoms with E-state index in [2.05, 4.69) is 31.1 Å². The Bertz CT molecular complexity index is 409. The molecule has 0 bridgehead atoms. The summed E-state index contributed by atoms with van der Waals surface area (Å²) < 4.78 is 11.4. The monoisotopic (exact) mass is 278 g/mol. The third-order valence-electron chi connectivity index (χ3n) is 3.48. The summed E-state index contributed by atoms with van der Waals surface area (Å²) in [7, 11) is 0. The minimum Gasteiger partial charge on any atom is -0.493 e. The zero-order valence-corrected chi connectivity index (χ0v) is 12.8. The Hall–Kier alpha value is -1.13. The number of aromatic nitrogens is 1. The minimum absolute atomic E-state index is 0.0911. The van der Waals surface area contributed by atoms with Crippen molar-refractivity contribution in [1.82, 2.24) is 10.3 Å². The van der Waals surface area contributed by atoms with Crippen molar-refractivity contribution in [3.63, 3.8) is 0 Å². The van der Waals surface area contributed by atoms with Crippen molar-refractivity contribution < 1.29 is 9.47 Å². The normalized spacial score (nSPS) is 17.1. The van der Waals surface area contributed by atoms with E-state index in [1.165, 1.54) is 0 Å². The third-order valence-corrected chi connectivity index (χ3v) is 3.48. The van der Waals surface area contributed by atoms with Gasteiger partial charge in [0.2, 0.25) is 0 Å². The first-order chi connectivity index (χ1) is 9.54. The molecule has 1 aliphatic rings. The predicted octanol–water partition coefficient (Wildman–Crippen LogP) is 2.78. The van der Waals surface area contributed by atoms with Crippen LogP contribution < -0.4 is 10.1 Å². The molecular weight excluding hydrogens is 252 g/mol. The summed E-state index contributed by atoms with van der Waals surface area (Å²) in [5.41, 5.74) is 1.21. The van der Waals surface area contributed by atoms with Crippen LogP contribution in [0.2, 0.25) is 0 Å². The second kappa shape index (κ2) is 7.04. The van der Waals surface area contributed by atoms with Crippen LogP contribution in [0.1, 0.15) is 39.2 Å². The minimum atomic E-state index is 0.0911.